The van der Waals surface area contributed by atoms with E-state index in [1.165, 1.54) is 0 Å². The predicted molar refractivity (Wildman–Crippen MR) is 96.1 cm³/mol. The van der Waals surface area contributed by atoms with Gasteiger partial charge >= 0.3 is 0 Å². The summed E-state index contributed by atoms with van der Waals surface area (Å²) in [5, 5.41) is 6.02. The van der Waals surface area contributed by atoms with E-state index < -0.39 is 0 Å². The van der Waals surface area contributed by atoms with Gasteiger partial charge in [-0.1, -0.05) is 40.2 Å². The summed E-state index contributed by atoms with van der Waals surface area (Å²) in [6.07, 6.45) is 1.55. The average molecular weight is 368 g/mol. The molecule has 0 aliphatic rings. The summed E-state index contributed by atoms with van der Waals surface area (Å²) < 4.78 is 0.987. The number of benzene rings is 2. The van der Waals surface area contributed by atoms with Crippen LogP contribution in [-0.2, 0) is 0 Å². The molecule has 2 N–H and O–H groups in total. The molecule has 0 saturated carbocycles. The maximum absolute atomic E-state index is 12.2. The molecule has 0 saturated heterocycles. The minimum atomic E-state index is -0.183. The van der Waals surface area contributed by atoms with Crippen LogP contribution in [0.1, 0.15) is 10.4 Å². The van der Waals surface area contributed by atoms with Crippen LogP contribution in [0.2, 0.25) is 0 Å². The molecule has 1 aromatic heterocycles. The molecule has 0 radical (unpaired) electrons. The first-order valence-corrected chi connectivity index (χ1v) is 7.85. The Labute approximate surface area is 142 Å². The Bertz CT molecular complexity index is 804. The summed E-state index contributed by atoms with van der Waals surface area (Å²) >= 11 is 3.42. The van der Waals surface area contributed by atoms with Crippen LogP contribution in [0.15, 0.2) is 77.4 Å². The molecule has 0 bridgehead atoms. The van der Waals surface area contributed by atoms with E-state index in [9.17, 15) is 4.79 Å². The topological polar surface area (TPSA) is 54.0 Å². The first-order chi connectivity index (χ1) is 11.2. The maximum atomic E-state index is 12.2. The molecule has 2 aromatic carbocycles. The number of nitrogens with one attached hydrogen (secondary N) is 2. The van der Waals surface area contributed by atoms with Crippen LogP contribution in [0, 0.1) is 0 Å². The van der Waals surface area contributed by atoms with Gasteiger partial charge in [0, 0.05) is 22.0 Å². The van der Waals surface area contributed by atoms with Gasteiger partial charge in [0.25, 0.3) is 5.91 Å². The summed E-state index contributed by atoms with van der Waals surface area (Å²) in [5.41, 5.74) is 2.19. The van der Waals surface area contributed by atoms with Gasteiger partial charge in [0.2, 0.25) is 0 Å². The van der Waals surface area contributed by atoms with Crippen molar-refractivity contribution >= 4 is 39.0 Å². The second-order valence-corrected chi connectivity index (χ2v) is 5.80. The summed E-state index contributed by atoms with van der Waals surface area (Å²) in [7, 11) is 0. The summed E-state index contributed by atoms with van der Waals surface area (Å²) in [6, 6.07) is 20.6. The number of nitrogens with zero attached hydrogens (tertiary/aromatic N) is 1. The van der Waals surface area contributed by atoms with E-state index in [0.717, 1.165) is 15.8 Å². The molecular weight excluding hydrogens is 354 g/mol. The van der Waals surface area contributed by atoms with Crippen LogP contribution >= 0.6 is 15.9 Å². The molecule has 0 atom stereocenters. The van der Waals surface area contributed by atoms with Crippen LogP contribution in [0.25, 0.3) is 0 Å². The van der Waals surface area contributed by atoms with Crippen LogP contribution in [0.5, 0.6) is 0 Å². The number of rotatable bonds is 4. The lowest BCUT2D eigenvalue weighted by Crippen LogP contribution is -2.12. The Balaban J connectivity index is 1.68. The number of halogens is 1. The Kier molecular flexibility index (Phi) is 4.68. The van der Waals surface area contributed by atoms with Gasteiger partial charge in [0.05, 0.1) is 5.56 Å². The van der Waals surface area contributed by atoms with E-state index in [4.69, 9.17) is 0 Å². The third-order valence-electron chi connectivity index (χ3n) is 3.15. The molecule has 1 heterocycles. The lowest BCUT2D eigenvalue weighted by molar-refractivity contribution is 0.102. The standard InChI is InChI=1S/C18H14BrN3O/c19-14-5-4-8-16(11-14)21-17-10-9-13(12-20-17)18(23)22-15-6-2-1-3-7-15/h1-12H,(H,20,21)(H,22,23). The Morgan fingerprint density at radius 3 is 2.39 bits per heavy atom. The first kappa shape index (κ1) is 15.2. The van der Waals surface area contributed by atoms with Gasteiger partial charge in [-0.2, -0.15) is 0 Å². The van der Waals surface area contributed by atoms with Gasteiger partial charge in [-0.3, -0.25) is 4.79 Å². The number of anilines is 3. The zero-order chi connectivity index (χ0) is 16.1. The van der Waals surface area contributed by atoms with Gasteiger partial charge in [0.1, 0.15) is 5.82 Å². The van der Waals surface area contributed by atoms with E-state index in [0.29, 0.717) is 11.4 Å². The molecule has 4 nitrogen and oxygen atoms in total. The number of hydrogen-bond donors (Lipinski definition) is 2. The lowest BCUT2D eigenvalue weighted by Gasteiger charge is -2.08. The number of para-hydroxylation sites is 1. The second-order valence-electron chi connectivity index (χ2n) is 4.89. The first-order valence-electron chi connectivity index (χ1n) is 7.06. The number of pyridine rings is 1. The highest BCUT2D eigenvalue weighted by atomic mass is 79.9. The van der Waals surface area contributed by atoms with E-state index in [-0.39, 0.29) is 5.91 Å². The number of carbonyl (C=O) groups excluding carboxylic acids is 1. The molecule has 3 rings (SSSR count). The Morgan fingerprint density at radius 2 is 1.70 bits per heavy atom. The monoisotopic (exact) mass is 367 g/mol. The minimum Gasteiger partial charge on any atom is -0.340 e. The van der Waals surface area contributed by atoms with E-state index >= 15 is 0 Å². The van der Waals surface area contributed by atoms with Gasteiger partial charge in [-0.15, -0.1) is 0 Å². The third-order valence-corrected chi connectivity index (χ3v) is 3.65. The normalized spacial score (nSPS) is 10.1. The number of amides is 1. The molecular formula is C18H14BrN3O. The highest BCUT2D eigenvalue weighted by Gasteiger charge is 2.06. The molecule has 0 aliphatic carbocycles. The van der Waals surface area contributed by atoms with Gasteiger partial charge in [-0.25, -0.2) is 4.98 Å². The Hall–Kier alpha value is -2.66. The van der Waals surface area contributed by atoms with Crippen LogP contribution in [-0.4, -0.2) is 10.9 Å². The molecule has 0 spiro atoms. The van der Waals surface area contributed by atoms with Crippen molar-refractivity contribution in [3.63, 3.8) is 0 Å². The summed E-state index contributed by atoms with van der Waals surface area (Å²) in [6.45, 7) is 0. The van der Waals surface area contributed by atoms with Crippen LogP contribution in [0.3, 0.4) is 0 Å². The van der Waals surface area contributed by atoms with E-state index in [1.807, 2.05) is 54.6 Å². The zero-order valence-corrected chi connectivity index (χ0v) is 13.7. The van der Waals surface area contributed by atoms with Gasteiger partial charge in [0.15, 0.2) is 0 Å². The van der Waals surface area contributed by atoms with Crippen molar-refractivity contribution in [1.82, 2.24) is 4.98 Å². The Morgan fingerprint density at radius 1 is 0.913 bits per heavy atom. The predicted octanol–water partition coefficient (Wildman–Crippen LogP) is 4.84. The highest BCUT2D eigenvalue weighted by Crippen LogP contribution is 2.19. The third kappa shape index (κ3) is 4.17. The van der Waals surface area contributed by atoms with Gasteiger partial charge in [-0.05, 0) is 42.5 Å². The molecule has 0 unspecified atom stereocenters. The summed E-state index contributed by atoms with van der Waals surface area (Å²) in [4.78, 5) is 16.4. The number of hydrogen-bond acceptors (Lipinski definition) is 3. The van der Waals surface area contributed by atoms with Crippen molar-refractivity contribution in [2.24, 2.45) is 0 Å². The molecule has 114 valence electrons. The molecule has 3 aromatic rings. The van der Waals surface area contributed by atoms with Crippen molar-refractivity contribution < 1.29 is 4.79 Å². The SMILES string of the molecule is O=C(Nc1ccccc1)c1ccc(Nc2cccc(Br)c2)nc1. The highest BCUT2D eigenvalue weighted by molar-refractivity contribution is 9.10. The van der Waals surface area contributed by atoms with Crippen molar-refractivity contribution in [3.8, 4) is 0 Å². The molecule has 1 amide bonds. The molecule has 0 aliphatic heterocycles. The lowest BCUT2D eigenvalue weighted by atomic mass is 10.2. The number of aromatic nitrogens is 1. The molecule has 0 fully saturated rings. The largest absolute Gasteiger partial charge is 0.340 e. The summed E-state index contributed by atoms with van der Waals surface area (Å²) in [5.74, 6) is 0.497. The fraction of sp³-hybridized carbons (Fsp3) is 0. The van der Waals surface area contributed by atoms with E-state index in [1.54, 1.807) is 18.3 Å². The smallest absolute Gasteiger partial charge is 0.257 e. The van der Waals surface area contributed by atoms with E-state index in [2.05, 4.69) is 31.5 Å². The quantitative estimate of drug-likeness (QED) is 0.693. The fourth-order valence-electron chi connectivity index (χ4n) is 2.04. The minimum absolute atomic E-state index is 0.183. The fourth-order valence-corrected chi connectivity index (χ4v) is 2.44. The van der Waals surface area contributed by atoms with Crippen molar-refractivity contribution in [2.75, 3.05) is 10.6 Å². The van der Waals surface area contributed by atoms with Crippen LogP contribution in [0.4, 0.5) is 17.2 Å². The number of carbonyl (C=O) groups is 1. The van der Waals surface area contributed by atoms with Crippen molar-refractivity contribution in [1.29, 1.82) is 0 Å². The van der Waals surface area contributed by atoms with Gasteiger partial charge < -0.3 is 10.6 Å². The second kappa shape index (κ2) is 7.07. The maximum Gasteiger partial charge on any atom is 0.257 e. The average Bonchev–Trinajstić information content (AvgIpc) is 2.56. The van der Waals surface area contributed by atoms with Crippen LogP contribution < -0.4 is 10.6 Å². The van der Waals surface area contributed by atoms with Crippen molar-refractivity contribution in [2.45, 2.75) is 0 Å². The zero-order valence-electron chi connectivity index (χ0n) is 12.2. The molecule has 5 heteroatoms. The van der Waals surface area contributed by atoms with Crippen molar-refractivity contribution in [3.05, 3.63) is 83.0 Å². The molecule has 23 heavy (non-hydrogen) atoms.